The van der Waals surface area contributed by atoms with Crippen molar-refractivity contribution in [2.45, 2.75) is 13.2 Å². The van der Waals surface area contributed by atoms with Gasteiger partial charge in [-0.05, 0) is 30.3 Å². The number of rotatable bonds is 5. The highest BCUT2D eigenvalue weighted by atomic mass is 19.3. The fraction of sp³-hybridized carbons (Fsp3) is 0.143. The molecule has 0 aliphatic heterocycles. The quantitative estimate of drug-likeness (QED) is 0.914. The van der Waals surface area contributed by atoms with Crippen molar-refractivity contribution in [2.24, 2.45) is 0 Å². The molecule has 0 fully saturated rings. The first kappa shape index (κ1) is 13.9. The SMILES string of the molecule is O=C(NCc1ccccn1)c1cccc(OC(F)F)c1. The van der Waals surface area contributed by atoms with E-state index in [1.807, 2.05) is 6.07 Å². The Balaban J connectivity index is 1.98. The molecular formula is C14H12F2N2O2. The summed E-state index contributed by atoms with van der Waals surface area (Å²) in [5.41, 5.74) is 0.958. The maximum absolute atomic E-state index is 12.1. The lowest BCUT2D eigenvalue weighted by molar-refractivity contribution is -0.0498. The van der Waals surface area contributed by atoms with Gasteiger partial charge >= 0.3 is 6.61 Å². The van der Waals surface area contributed by atoms with E-state index in [9.17, 15) is 13.6 Å². The summed E-state index contributed by atoms with van der Waals surface area (Å²) >= 11 is 0. The van der Waals surface area contributed by atoms with Crippen LogP contribution in [0, 0.1) is 0 Å². The summed E-state index contributed by atoms with van der Waals surface area (Å²) in [5, 5.41) is 2.65. The Bertz CT molecular complexity index is 576. The minimum Gasteiger partial charge on any atom is -0.435 e. The average Bonchev–Trinajstić information content (AvgIpc) is 2.45. The molecule has 0 aliphatic rings. The Kier molecular flexibility index (Phi) is 4.60. The summed E-state index contributed by atoms with van der Waals surface area (Å²) < 4.78 is 28.4. The minimum absolute atomic E-state index is 0.0505. The van der Waals surface area contributed by atoms with Crippen LogP contribution in [0.4, 0.5) is 8.78 Å². The second-order valence-corrected chi connectivity index (χ2v) is 3.91. The summed E-state index contributed by atoms with van der Waals surface area (Å²) in [4.78, 5) is 15.9. The van der Waals surface area contributed by atoms with E-state index < -0.39 is 6.61 Å². The number of halogens is 2. The molecule has 0 aliphatic carbocycles. The van der Waals surface area contributed by atoms with Gasteiger partial charge in [0.15, 0.2) is 0 Å². The van der Waals surface area contributed by atoms with Crippen molar-refractivity contribution < 1.29 is 18.3 Å². The van der Waals surface area contributed by atoms with E-state index in [0.29, 0.717) is 5.69 Å². The topological polar surface area (TPSA) is 51.2 Å². The van der Waals surface area contributed by atoms with Gasteiger partial charge in [0.05, 0.1) is 12.2 Å². The van der Waals surface area contributed by atoms with Crippen molar-refractivity contribution in [2.75, 3.05) is 0 Å². The molecule has 0 radical (unpaired) electrons. The number of carbonyl (C=O) groups is 1. The Morgan fingerprint density at radius 1 is 1.25 bits per heavy atom. The van der Waals surface area contributed by atoms with Crippen LogP contribution in [0.5, 0.6) is 5.75 Å². The zero-order valence-corrected chi connectivity index (χ0v) is 10.4. The van der Waals surface area contributed by atoms with Gasteiger partial charge in [-0.2, -0.15) is 8.78 Å². The summed E-state index contributed by atoms with van der Waals surface area (Å²) in [7, 11) is 0. The predicted octanol–water partition coefficient (Wildman–Crippen LogP) is 2.61. The van der Waals surface area contributed by atoms with Crippen LogP contribution in [0.25, 0.3) is 0 Å². The highest BCUT2D eigenvalue weighted by molar-refractivity contribution is 5.94. The van der Waals surface area contributed by atoms with E-state index in [1.54, 1.807) is 18.3 Å². The van der Waals surface area contributed by atoms with E-state index in [1.165, 1.54) is 24.3 Å². The number of ether oxygens (including phenoxy) is 1. The molecular weight excluding hydrogens is 266 g/mol. The number of nitrogens with zero attached hydrogens (tertiary/aromatic N) is 1. The lowest BCUT2D eigenvalue weighted by Gasteiger charge is -2.07. The van der Waals surface area contributed by atoms with Crippen LogP contribution in [0.2, 0.25) is 0 Å². The molecule has 104 valence electrons. The molecule has 0 bridgehead atoms. The van der Waals surface area contributed by atoms with Crippen molar-refractivity contribution in [3.63, 3.8) is 0 Å². The third kappa shape index (κ3) is 4.01. The first-order chi connectivity index (χ1) is 9.65. The number of alkyl halides is 2. The fourth-order valence-corrected chi connectivity index (χ4v) is 1.59. The largest absolute Gasteiger partial charge is 0.435 e. The molecule has 0 spiro atoms. The van der Waals surface area contributed by atoms with Gasteiger partial charge in [0.1, 0.15) is 5.75 Å². The number of hydrogen-bond donors (Lipinski definition) is 1. The van der Waals surface area contributed by atoms with Gasteiger partial charge in [0, 0.05) is 11.8 Å². The number of pyridine rings is 1. The van der Waals surface area contributed by atoms with Crippen molar-refractivity contribution in [1.82, 2.24) is 10.3 Å². The van der Waals surface area contributed by atoms with Gasteiger partial charge in [-0.1, -0.05) is 12.1 Å². The van der Waals surface area contributed by atoms with Crippen molar-refractivity contribution in [3.05, 3.63) is 59.9 Å². The molecule has 6 heteroatoms. The summed E-state index contributed by atoms with van der Waals surface area (Å²) in [5.74, 6) is -0.430. The van der Waals surface area contributed by atoms with Crippen LogP contribution in [-0.2, 0) is 6.54 Å². The van der Waals surface area contributed by atoms with Crippen molar-refractivity contribution in [3.8, 4) is 5.75 Å². The fourth-order valence-electron chi connectivity index (χ4n) is 1.59. The molecule has 1 heterocycles. The van der Waals surface area contributed by atoms with Gasteiger partial charge in [0.2, 0.25) is 0 Å². The van der Waals surface area contributed by atoms with Crippen LogP contribution >= 0.6 is 0 Å². The highest BCUT2D eigenvalue weighted by Crippen LogP contribution is 2.15. The molecule has 0 saturated heterocycles. The van der Waals surface area contributed by atoms with Crippen molar-refractivity contribution in [1.29, 1.82) is 0 Å². The zero-order valence-electron chi connectivity index (χ0n) is 10.4. The van der Waals surface area contributed by atoms with Crippen LogP contribution in [-0.4, -0.2) is 17.5 Å². The number of aromatic nitrogens is 1. The number of carbonyl (C=O) groups excluding carboxylic acids is 1. The third-order valence-electron chi connectivity index (χ3n) is 2.48. The maximum atomic E-state index is 12.1. The minimum atomic E-state index is -2.91. The predicted molar refractivity (Wildman–Crippen MR) is 68.5 cm³/mol. The van der Waals surface area contributed by atoms with Gasteiger partial charge in [-0.15, -0.1) is 0 Å². The Morgan fingerprint density at radius 3 is 2.80 bits per heavy atom. The van der Waals surface area contributed by atoms with Crippen LogP contribution in [0.1, 0.15) is 16.1 Å². The molecule has 1 aromatic heterocycles. The van der Waals surface area contributed by atoms with Gasteiger partial charge in [-0.3, -0.25) is 9.78 Å². The molecule has 20 heavy (non-hydrogen) atoms. The van der Waals surface area contributed by atoms with Crippen LogP contribution in [0.15, 0.2) is 48.7 Å². The molecule has 0 unspecified atom stereocenters. The Hall–Kier alpha value is -2.50. The van der Waals surface area contributed by atoms with Gasteiger partial charge in [0.25, 0.3) is 5.91 Å². The van der Waals surface area contributed by atoms with E-state index in [2.05, 4.69) is 15.0 Å². The Morgan fingerprint density at radius 2 is 2.10 bits per heavy atom. The smallest absolute Gasteiger partial charge is 0.387 e. The maximum Gasteiger partial charge on any atom is 0.387 e. The van der Waals surface area contributed by atoms with Gasteiger partial charge < -0.3 is 10.1 Å². The molecule has 2 aromatic rings. The molecule has 1 amide bonds. The number of benzene rings is 1. The van der Waals surface area contributed by atoms with E-state index in [0.717, 1.165) is 0 Å². The van der Waals surface area contributed by atoms with Gasteiger partial charge in [-0.25, -0.2) is 0 Å². The highest BCUT2D eigenvalue weighted by Gasteiger charge is 2.09. The summed E-state index contributed by atoms with van der Waals surface area (Å²) in [6, 6.07) is 11.0. The molecule has 2 rings (SSSR count). The zero-order chi connectivity index (χ0) is 14.4. The first-order valence-electron chi connectivity index (χ1n) is 5.88. The molecule has 0 saturated carbocycles. The third-order valence-corrected chi connectivity index (χ3v) is 2.48. The molecule has 4 nitrogen and oxygen atoms in total. The molecule has 1 N–H and O–H groups in total. The molecule has 1 aromatic carbocycles. The van der Waals surface area contributed by atoms with Crippen molar-refractivity contribution >= 4 is 5.91 Å². The first-order valence-corrected chi connectivity index (χ1v) is 5.88. The second kappa shape index (κ2) is 6.60. The summed E-state index contributed by atoms with van der Waals surface area (Å²) in [6.07, 6.45) is 1.62. The second-order valence-electron chi connectivity index (χ2n) is 3.91. The van der Waals surface area contributed by atoms with E-state index in [-0.39, 0.29) is 23.8 Å². The lowest BCUT2D eigenvalue weighted by Crippen LogP contribution is -2.23. The number of hydrogen-bond acceptors (Lipinski definition) is 3. The normalized spacial score (nSPS) is 10.3. The average molecular weight is 278 g/mol. The number of nitrogens with one attached hydrogen (secondary N) is 1. The monoisotopic (exact) mass is 278 g/mol. The standard InChI is InChI=1S/C14H12F2N2O2/c15-14(16)20-12-6-3-4-10(8-12)13(19)18-9-11-5-1-2-7-17-11/h1-8,14H,9H2,(H,18,19). The van der Waals surface area contributed by atoms with Crippen LogP contribution < -0.4 is 10.1 Å². The van der Waals surface area contributed by atoms with E-state index in [4.69, 9.17) is 0 Å². The summed E-state index contributed by atoms with van der Waals surface area (Å²) in [6.45, 7) is -2.65. The Labute approximate surface area is 114 Å². The van der Waals surface area contributed by atoms with E-state index >= 15 is 0 Å². The molecule has 0 atom stereocenters. The van der Waals surface area contributed by atoms with Crippen LogP contribution in [0.3, 0.4) is 0 Å². The lowest BCUT2D eigenvalue weighted by atomic mass is 10.2. The number of amides is 1.